The number of aromatic nitrogens is 6. The van der Waals surface area contributed by atoms with Crippen LogP contribution in [0.1, 0.15) is 42.6 Å². The van der Waals surface area contributed by atoms with Crippen LogP contribution in [-0.2, 0) is 19.8 Å². The molecule has 1 fully saturated rings. The number of rotatable bonds is 6. The Kier molecular flexibility index (Phi) is 6.33. The van der Waals surface area contributed by atoms with Crippen molar-refractivity contribution < 1.29 is 13.2 Å². The van der Waals surface area contributed by atoms with Crippen molar-refractivity contribution in [1.29, 1.82) is 5.41 Å². The van der Waals surface area contributed by atoms with Crippen LogP contribution < -0.4 is 10.9 Å². The zero-order valence-corrected chi connectivity index (χ0v) is 22.4. The van der Waals surface area contributed by atoms with E-state index in [0.29, 0.717) is 48.4 Å². The van der Waals surface area contributed by atoms with Gasteiger partial charge in [-0.1, -0.05) is 62.4 Å². The summed E-state index contributed by atoms with van der Waals surface area (Å²) >= 11 is 0. The van der Waals surface area contributed by atoms with Gasteiger partial charge in [0, 0.05) is 37.5 Å². The lowest BCUT2D eigenvalue weighted by Gasteiger charge is -2.29. The summed E-state index contributed by atoms with van der Waals surface area (Å²) in [6.07, 6.45) is -1.66. The summed E-state index contributed by atoms with van der Waals surface area (Å²) in [5.41, 5.74) is 4.36. The van der Waals surface area contributed by atoms with E-state index in [4.69, 9.17) is 10.4 Å². The molecule has 0 bridgehead atoms. The van der Waals surface area contributed by atoms with Crippen LogP contribution in [0.4, 0.5) is 13.2 Å². The minimum Gasteiger partial charge on any atom is -0.325 e. The average Bonchev–Trinajstić information content (AvgIpc) is 3.44. The normalized spacial score (nSPS) is 14.3. The summed E-state index contributed by atoms with van der Waals surface area (Å²) in [5, 5.41) is 11.8. The lowest BCUT2D eigenvalue weighted by molar-refractivity contribution is -0.140. The Hall–Kier alpha value is -4.25. The van der Waals surface area contributed by atoms with Crippen LogP contribution in [0.3, 0.4) is 0 Å². The lowest BCUT2D eigenvalue weighted by atomic mass is 9.97. The standard InChI is InChI=1S/C29H29F3N8/c1-17(2)21-6-4-5-7-22(21)25-35-14-23-27(37-25)40(28(33)38(23)3)15-18-8-10-19(11-9-18)26-36-24(29(30,31)32)16-39(26)20-12-34-13-20/h4-11,14,16-17,20,33-34H,12-13,15H2,1-3H3. The van der Waals surface area contributed by atoms with Crippen molar-refractivity contribution in [2.24, 2.45) is 7.05 Å². The number of aryl methyl sites for hydroxylation is 1. The number of hydrogen-bond acceptors (Lipinski definition) is 5. The minimum absolute atomic E-state index is 0.0647. The van der Waals surface area contributed by atoms with Gasteiger partial charge in [-0.25, -0.2) is 15.0 Å². The molecule has 0 saturated carbocycles. The van der Waals surface area contributed by atoms with Gasteiger partial charge in [-0.3, -0.25) is 9.98 Å². The van der Waals surface area contributed by atoms with E-state index in [0.717, 1.165) is 28.4 Å². The molecule has 0 aliphatic carbocycles. The van der Waals surface area contributed by atoms with E-state index in [1.165, 1.54) is 0 Å². The first kappa shape index (κ1) is 26.0. The second-order valence-electron chi connectivity index (χ2n) is 10.5. The van der Waals surface area contributed by atoms with Crippen LogP contribution in [-0.4, -0.2) is 41.7 Å². The van der Waals surface area contributed by atoms with E-state index in [2.05, 4.69) is 35.2 Å². The molecule has 0 amide bonds. The third-order valence-electron chi connectivity index (χ3n) is 7.49. The van der Waals surface area contributed by atoms with Crippen molar-refractivity contribution in [2.75, 3.05) is 13.1 Å². The van der Waals surface area contributed by atoms with Gasteiger partial charge in [-0.15, -0.1) is 0 Å². The highest BCUT2D eigenvalue weighted by Crippen LogP contribution is 2.33. The van der Waals surface area contributed by atoms with Crippen molar-refractivity contribution in [2.45, 2.75) is 38.5 Å². The van der Waals surface area contributed by atoms with Crippen LogP contribution in [0.15, 0.2) is 60.9 Å². The number of halogens is 3. The predicted octanol–water partition coefficient (Wildman–Crippen LogP) is 5.11. The fraction of sp³-hybridized carbons (Fsp3) is 0.310. The Bertz CT molecular complexity index is 1760. The van der Waals surface area contributed by atoms with Gasteiger partial charge in [0.25, 0.3) is 0 Å². The molecule has 6 rings (SSSR count). The second-order valence-corrected chi connectivity index (χ2v) is 10.5. The van der Waals surface area contributed by atoms with Gasteiger partial charge >= 0.3 is 6.18 Å². The van der Waals surface area contributed by atoms with Crippen LogP contribution in [0.5, 0.6) is 0 Å². The van der Waals surface area contributed by atoms with E-state index in [1.807, 2.05) is 41.9 Å². The molecule has 1 saturated heterocycles. The maximum Gasteiger partial charge on any atom is 0.434 e. The molecule has 8 nitrogen and oxygen atoms in total. The van der Waals surface area contributed by atoms with Crippen molar-refractivity contribution in [3.8, 4) is 22.8 Å². The van der Waals surface area contributed by atoms with Crippen LogP contribution >= 0.6 is 0 Å². The minimum atomic E-state index is -4.51. The Labute approximate surface area is 228 Å². The summed E-state index contributed by atoms with van der Waals surface area (Å²) in [5.74, 6) is 1.20. The van der Waals surface area contributed by atoms with E-state index in [-0.39, 0.29) is 11.7 Å². The summed E-state index contributed by atoms with van der Waals surface area (Å²) < 4.78 is 45.5. The van der Waals surface area contributed by atoms with Crippen LogP contribution in [0.2, 0.25) is 0 Å². The molecule has 0 unspecified atom stereocenters. The fourth-order valence-electron chi connectivity index (χ4n) is 5.11. The number of nitrogens with zero attached hydrogens (tertiary/aromatic N) is 6. The third-order valence-corrected chi connectivity index (χ3v) is 7.49. The smallest absolute Gasteiger partial charge is 0.325 e. The average molecular weight is 547 g/mol. The highest BCUT2D eigenvalue weighted by molar-refractivity contribution is 5.74. The Morgan fingerprint density at radius 2 is 1.77 bits per heavy atom. The maximum atomic E-state index is 13.4. The molecule has 0 radical (unpaired) electrons. The van der Waals surface area contributed by atoms with E-state index >= 15 is 0 Å². The van der Waals surface area contributed by atoms with Gasteiger partial charge in [0.15, 0.2) is 17.2 Å². The van der Waals surface area contributed by atoms with Crippen molar-refractivity contribution in [3.63, 3.8) is 0 Å². The summed E-state index contributed by atoms with van der Waals surface area (Å²) in [6.45, 7) is 5.84. The molecule has 40 heavy (non-hydrogen) atoms. The Morgan fingerprint density at radius 3 is 2.42 bits per heavy atom. The number of nitrogens with one attached hydrogen (secondary N) is 2. The zero-order chi connectivity index (χ0) is 28.2. The van der Waals surface area contributed by atoms with E-state index in [1.54, 1.807) is 27.5 Å². The molecule has 4 heterocycles. The number of fused-ring (bicyclic) bond motifs is 1. The molecule has 0 spiro atoms. The van der Waals surface area contributed by atoms with Gasteiger partial charge in [0.2, 0.25) is 5.62 Å². The monoisotopic (exact) mass is 546 g/mol. The molecule has 206 valence electrons. The largest absolute Gasteiger partial charge is 0.434 e. The molecule has 5 aromatic rings. The molecule has 2 N–H and O–H groups in total. The molecule has 3 aromatic heterocycles. The molecule has 1 aliphatic rings. The number of hydrogen-bond donors (Lipinski definition) is 2. The summed E-state index contributed by atoms with van der Waals surface area (Å²) in [7, 11) is 1.81. The number of imidazole rings is 2. The van der Waals surface area contributed by atoms with Crippen LogP contribution in [0.25, 0.3) is 33.9 Å². The molecule has 1 aliphatic heterocycles. The SMILES string of the molecule is CC(C)c1ccccc1-c1ncc2c(n1)n(Cc1ccc(-c3nc(C(F)(F)F)cn3C3CNC3)cc1)c(=N)n2C. The fourth-order valence-corrected chi connectivity index (χ4v) is 5.11. The molecule has 2 aromatic carbocycles. The summed E-state index contributed by atoms with van der Waals surface area (Å²) in [4.78, 5) is 13.4. The molecule has 0 atom stereocenters. The third kappa shape index (κ3) is 4.49. The van der Waals surface area contributed by atoms with Crippen molar-refractivity contribution >= 4 is 11.2 Å². The van der Waals surface area contributed by atoms with Crippen molar-refractivity contribution in [1.82, 2.24) is 34.0 Å². The predicted molar refractivity (Wildman–Crippen MR) is 146 cm³/mol. The van der Waals surface area contributed by atoms with Crippen molar-refractivity contribution in [3.05, 3.63) is 83.4 Å². The van der Waals surface area contributed by atoms with Gasteiger partial charge in [-0.05, 0) is 17.0 Å². The first-order valence-corrected chi connectivity index (χ1v) is 13.1. The first-order valence-electron chi connectivity index (χ1n) is 13.1. The van der Waals surface area contributed by atoms with Gasteiger partial charge in [-0.2, -0.15) is 13.2 Å². The van der Waals surface area contributed by atoms with Gasteiger partial charge in [0.05, 0.1) is 18.8 Å². The quantitative estimate of drug-likeness (QED) is 0.310. The highest BCUT2D eigenvalue weighted by Gasteiger charge is 2.36. The lowest BCUT2D eigenvalue weighted by Crippen LogP contribution is -2.43. The number of benzene rings is 2. The first-order chi connectivity index (χ1) is 19.1. The van der Waals surface area contributed by atoms with Crippen LogP contribution in [0, 0.1) is 5.41 Å². The number of alkyl halides is 3. The maximum absolute atomic E-state index is 13.4. The van der Waals surface area contributed by atoms with Gasteiger partial charge in [0.1, 0.15) is 11.3 Å². The van der Waals surface area contributed by atoms with E-state index in [9.17, 15) is 13.2 Å². The molecule has 11 heteroatoms. The Balaban J connectivity index is 1.36. The topological polar surface area (TPSA) is 89.3 Å². The zero-order valence-electron chi connectivity index (χ0n) is 22.4. The molecular weight excluding hydrogens is 517 g/mol. The highest BCUT2D eigenvalue weighted by atomic mass is 19.4. The Morgan fingerprint density at radius 1 is 1.05 bits per heavy atom. The van der Waals surface area contributed by atoms with Gasteiger partial charge < -0.3 is 14.5 Å². The summed E-state index contributed by atoms with van der Waals surface area (Å²) in [6, 6.07) is 15.3. The molecular formula is C29H29F3N8. The second kappa shape index (κ2) is 9.74. The van der Waals surface area contributed by atoms with E-state index < -0.39 is 11.9 Å².